The zero-order valence-corrected chi connectivity index (χ0v) is 9.45. The van der Waals surface area contributed by atoms with Crippen molar-refractivity contribution in [3.05, 3.63) is 0 Å². The van der Waals surface area contributed by atoms with Gasteiger partial charge < -0.3 is 4.90 Å². The van der Waals surface area contributed by atoms with Crippen molar-refractivity contribution in [2.24, 2.45) is 17.8 Å². The highest BCUT2D eigenvalue weighted by Crippen LogP contribution is 2.38. The van der Waals surface area contributed by atoms with Crippen molar-refractivity contribution in [2.75, 3.05) is 13.1 Å². The van der Waals surface area contributed by atoms with Crippen molar-refractivity contribution in [2.45, 2.75) is 44.9 Å². The second kappa shape index (κ2) is 3.80. The quantitative estimate of drug-likeness (QED) is 0.646. The van der Waals surface area contributed by atoms with Gasteiger partial charge in [0.25, 0.3) is 0 Å². The molecule has 2 saturated carbocycles. The van der Waals surface area contributed by atoms with Gasteiger partial charge in [-0.2, -0.15) is 0 Å². The van der Waals surface area contributed by atoms with E-state index >= 15 is 0 Å². The van der Waals surface area contributed by atoms with Gasteiger partial charge in [0.2, 0.25) is 5.91 Å². The number of hydrogen-bond donors (Lipinski definition) is 0. The lowest BCUT2D eigenvalue weighted by Gasteiger charge is -2.41. The van der Waals surface area contributed by atoms with Gasteiger partial charge in [0, 0.05) is 19.0 Å². The number of likely N-dealkylation sites (tertiary alicyclic amines) is 1. The van der Waals surface area contributed by atoms with E-state index in [1.165, 1.54) is 32.1 Å². The molecule has 2 nitrogen and oxygen atoms in total. The van der Waals surface area contributed by atoms with Gasteiger partial charge in [-0.1, -0.05) is 19.3 Å². The number of hydrogen-bond acceptors (Lipinski definition) is 1. The molecule has 1 saturated heterocycles. The summed E-state index contributed by atoms with van der Waals surface area (Å²) in [6.45, 7) is 2.14. The topological polar surface area (TPSA) is 20.3 Å². The molecule has 0 aromatic carbocycles. The van der Waals surface area contributed by atoms with Gasteiger partial charge in [0.15, 0.2) is 0 Å². The van der Waals surface area contributed by atoms with E-state index in [2.05, 4.69) is 4.90 Å². The number of fused-ring (bicyclic) bond motifs is 1. The van der Waals surface area contributed by atoms with E-state index in [1.54, 1.807) is 0 Å². The highest BCUT2D eigenvalue weighted by atomic mass is 16.2. The summed E-state index contributed by atoms with van der Waals surface area (Å²) in [6, 6.07) is 0. The summed E-state index contributed by atoms with van der Waals surface area (Å²) in [5.41, 5.74) is 0. The maximum atomic E-state index is 12.0. The first-order valence-electron chi connectivity index (χ1n) is 6.63. The lowest BCUT2D eigenvalue weighted by Crippen LogP contribution is -2.45. The number of rotatable bonds is 1. The van der Waals surface area contributed by atoms with Crippen molar-refractivity contribution in [1.82, 2.24) is 4.90 Å². The van der Waals surface area contributed by atoms with Crippen LogP contribution in [-0.2, 0) is 4.79 Å². The van der Waals surface area contributed by atoms with Crippen LogP contribution in [0.5, 0.6) is 0 Å². The van der Waals surface area contributed by atoms with Crippen LogP contribution >= 0.6 is 0 Å². The van der Waals surface area contributed by atoms with Crippen molar-refractivity contribution in [3.63, 3.8) is 0 Å². The Labute approximate surface area is 92.0 Å². The Morgan fingerprint density at radius 1 is 0.933 bits per heavy atom. The largest absolute Gasteiger partial charge is 0.342 e. The molecule has 84 valence electrons. The molecule has 1 amide bonds. The number of carbonyl (C=O) groups excluding carboxylic acids is 1. The van der Waals surface area contributed by atoms with Crippen LogP contribution in [0.15, 0.2) is 0 Å². The Bertz CT molecular complexity index is 259. The Hall–Kier alpha value is -0.530. The third kappa shape index (κ3) is 1.91. The number of amides is 1. The summed E-state index contributed by atoms with van der Waals surface area (Å²) in [7, 11) is 0. The zero-order chi connectivity index (χ0) is 10.3. The SMILES string of the molecule is O=C(C1CC1)N1CC[C@H]2CCCC[C@@H]2C1. The second-order valence-electron chi connectivity index (χ2n) is 5.65. The predicted octanol–water partition coefficient (Wildman–Crippen LogP) is 2.44. The van der Waals surface area contributed by atoms with Crippen LogP contribution in [0.25, 0.3) is 0 Å². The van der Waals surface area contributed by atoms with Gasteiger partial charge in [-0.25, -0.2) is 0 Å². The van der Waals surface area contributed by atoms with Crippen LogP contribution in [0.3, 0.4) is 0 Å². The molecule has 3 aliphatic rings. The second-order valence-corrected chi connectivity index (χ2v) is 5.65. The Kier molecular flexibility index (Phi) is 2.45. The average molecular weight is 207 g/mol. The summed E-state index contributed by atoms with van der Waals surface area (Å²) < 4.78 is 0. The molecule has 15 heavy (non-hydrogen) atoms. The molecule has 2 atom stereocenters. The van der Waals surface area contributed by atoms with Crippen molar-refractivity contribution >= 4 is 5.91 Å². The molecule has 0 bridgehead atoms. The molecule has 0 spiro atoms. The minimum Gasteiger partial charge on any atom is -0.342 e. The summed E-state index contributed by atoms with van der Waals surface area (Å²) in [5.74, 6) is 2.68. The summed E-state index contributed by atoms with van der Waals surface area (Å²) in [4.78, 5) is 14.1. The van der Waals surface area contributed by atoms with E-state index in [-0.39, 0.29) is 0 Å². The monoisotopic (exact) mass is 207 g/mol. The van der Waals surface area contributed by atoms with Gasteiger partial charge in [-0.3, -0.25) is 4.79 Å². The minimum absolute atomic E-state index is 0.421. The van der Waals surface area contributed by atoms with Crippen LogP contribution in [0.2, 0.25) is 0 Å². The van der Waals surface area contributed by atoms with E-state index in [0.29, 0.717) is 11.8 Å². The van der Waals surface area contributed by atoms with Crippen LogP contribution < -0.4 is 0 Å². The molecule has 0 radical (unpaired) electrons. The molecular formula is C13H21NO. The van der Waals surface area contributed by atoms with E-state index < -0.39 is 0 Å². The number of carbonyl (C=O) groups is 1. The summed E-state index contributed by atoms with van der Waals surface area (Å²) in [5, 5.41) is 0. The molecule has 0 N–H and O–H groups in total. The maximum absolute atomic E-state index is 12.0. The van der Waals surface area contributed by atoms with E-state index in [9.17, 15) is 4.79 Å². The van der Waals surface area contributed by atoms with Crippen molar-refractivity contribution in [3.8, 4) is 0 Å². The van der Waals surface area contributed by atoms with E-state index in [1.807, 2.05) is 0 Å². The fraction of sp³-hybridized carbons (Fsp3) is 0.923. The standard InChI is InChI=1S/C13H21NO/c15-13(11-5-6-11)14-8-7-10-3-1-2-4-12(10)9-14/h10-12H,1-9H2/t10-,12-/m1/s1. The van der Waals surface area contributed by atoms with Gasteiger partial charge in [-0.05, 0) is 37.5 Å². The Balaban J connectivity index is 1.61. The van der Waals surface area contributed by atoms with Crippen LogP contribution in [0, 0.1) is 17.8 Å². The molecule has 2 heteroatoms. The van der Waals surface area contributed by atoms with Gasteiger partial charge in [-0.15, -0.1) is 0 Å². The van der Waals surface area contributed by atoms with Gasteiger partial charge in [0.1, 0.15) is 0 Å². The Morgan fingerprint density at radius 2 is 1.67 bits per heavy atom. The third-order valence-electron chi connectivity index (χ3n) is 4.53. The molecule has 3 fully saturated rings. The van der Waals surface area contributed by atoms with Crippen LogP contribution in [-0.4, -0.2) is 23.9 Å². The molecule has 3 rings (SSSR count). The molecule has 0 unspecified atom stereocenters. The van der Waals surface area contributed by atoms with E-state index in [4.69, 9.17) is 0 Å². The van der Waals surface area contributed by atoms with Crippen molar-refractivity contribution < 1.29 is 4.79 Å². The van der Waals surface area contributed by atoms with Crippen molar-refractivity contribution in [1.29, 1.82) is 0 Å². The number of nitrogens with zero attached hydrogens (tertiary/aromatic N) is 1. The van der Waals surface area contributed by atoms with Gasteiger partial charge >= 0.3 is 0 Å². The number of piperidine rings is 1. The average Bonchev–Trinajstić information content (AvgIpc) is 3.11. The first-order valence-corrected chi connectivity index (χ1v) is 6.63. The minimum atomic E-state index is 0.421. The molecule has 1 heterocycles. The molecule has 2 aliphatic carbocycles. The van der Waals surface area contributed by atoms with E-state index in [0.717, 1.165) is 37.8 Å². The summed E-state index contributed by atoms with van der Waals surface area (Å²) in [6.07, 6.45) is 9.22. The molecule has 1 aliphatic heterocycles. The maximum Gasteiger partial charge on any atom is 0.225 e. The predicted molar refractivity (Wildman–Crippen MR) is 59.4 cm³/mol. The fourth-order valence-corrected chi connectivity index (χ4v) is 3.39. The first-order chi connectivity index (χ1) is 7.34. The normalized spacial score (nSPS) is 36.1. The molecular weight excluding hydrogens is 186 g/mol. The van der Waals surface area contributed by atoms with Crippen LogP contribution in [0.4, 0.5) is 0 Å². The molecule has 0 aromatic rings. The molecule has 0 aromatic heterocycles. The lowest BCUT2D eigenvalue weighted by atomic mass is 9.75. The lowest BCUT2D eigenvalue weighted by molar-refractivity contribution is -0.135. The summed E-state index contributed by atoms with van der Waals surface area (Å²) >= 11 is 0. The smallest absolute Gasteiger partial charge is 0.225 e. The van der Waals surface area contributed by atoms with Gasteiger partial charge in [0.05, 0.1) is 0 Å². The van der Waals surface area contributed by atoms with Crippen LogP contribution in [0.1, 0.15) is 44.9 Å². The highest BCUT2D eigenvalue weighted by Gasteiger charge is 2.38. The zero-order valence-electron chi connectivity index (χ0n) is 9.45. The Morgan fingerprint density at radius 3 is 2.40 bits per heavy atom. The highest BCUT2D eigenvalue weighted by molar-refractivity contribution is 5.81. The fourth-order valence-electron chi connectivity index (χ4n) is 3.39. The third-order valence-corrected chi connectivity index (χ3v) is 4.53. The first kappa shape index (κ1) is 9.68.